The summed E-state index contributed by atoms with van der Waals surface area (Å²) in [5.41, 5.74) is 2.29. The van der Waals surface area contributed by atoms with Gasteiger partial charge in [-0.15, -0.1) is 0 Å². The molecule has 32 heavy (non-hydrogen) atoms. The third-order valence-corrected chi connectivity index (χ3v) is 7.30. The molecule has 2 nitrogen and oxygen atoms in total. The van der Waals surface area contributed by atoms with Gasteiger partial charge in [-0.2, -0.15) is 0 Å². The van der Waals surface area contributed by atoms with Crippen LogP contribution in [0.4, 0.5) is 0 Å². The van der Waals surface area contributed by atoms with Crippen LogP contribution >= 0.6 is 21.9 Å². The van der Waals surface area contributed by atoms with E-state index in [0.29, 0.717) is 0 Å². The molecule has 0 amide bonds. The average molecular weight is 694 g/mol. The summed E-state index contributed by atoms with van der Waals surface area (Å²) in [7, 11) is 3.27. The van der Waals surface area contributed by atoms with Crippen molar-refractivity contribution < 1.29 is 18.0 Å². The molecule has 0 spiro atoms. The van der Waals surface area contributed by atoms with E-state index in [4.69, 9.17) is 9.47 Å². The van der Waals surface area contributed by atoms with Gasteiger partial charge in [0.05, 0.1) is 22.2 Å². The van der Waals surface area contributed by atoms with Crippen LogP contribution in [0, 0.1) is 9.02 Å². The van der Waals surface area contributed by atoms with Crippen molar-refractivity contribution in [2.75, 3.05) is 13.2 Å². The zero-order chi connectivity index (χ0) is 21.0. The second-order valence-corrected chi connectivity index (χ2v) is 9.80. The van der Waals surface area contributed by atoms with E-state index in [2.05, 4.69) is 36.0 Å². The van der Waals surface area contributed by atoms with Gasteiger partial charge < -0.3 is 9.47 Å². The van der Waals surface area contributed by atoms with E-state index < -0.39 is 0 Å². The summed E-state index contributed by atoms with van der Waals surface area (Å²) in [6, 6.07) is 0. The second-order valence-electron chi connectivity index (χ2n) is 8.10. The standard InChI is InChI=1S/C26H36O2S2.2Sn.6H2/c1-3-5-7-9-11-13-17-27-23-21-15-19-30-26(21)24(22-16-20-29-25(22)23)28-18-14-12-10-8-6-4-2;;;;;;;;/h15-16H,3-14,17-18H2,1-2H3;;;6*1H. The summed E-state index contributed by atoms with van der Waals surface area (Å²) in [6.07, 6.45) is 19.4. The predicted molar refractivity (Wildman–Crippen MR) is 160 cm³/mol. The molecule has 0 saturated heterocycles. The van der Waals surface area contributed by atoms with Crippen LogP contribution in [0.1, 0.15) is 111 Å². The molecule has 8 radical (unpaired) electrons. The van der Waals surface area contributed by atoms with Crippen molar-refractivity contribution in [3.8, 4) is 11.5 Å². The van der Waals surface area contributed by atoms with Crippen LogP contribution in [0.3, 0.4) is 0 Å². The number of hydrogen-bond acceptors (Lipinski definition) is 2. The molecule has 2 heterocycles. The van der Waals surface area contributed by atoms with Crippen molar-refractivity contribution in [3.05, 3.63) is 20.1 Å². The third kappa shape index (κ3) is 8.74. The van der Waals surface area contributed by atoms with Crippen LogP contribution in [-0.2, 0) is 0 Å². The Bertz CT molecular complexity index is 938. The zero-order valence-corrected chi connectivity index (χ0v) is 27.0. The van der Waals surface area contributed by atoms with Gasteiger partial charge in [-0.25, -0.2) is 0 Å². The van der Waals surface area contributed by atoms with Gasteiger partial charge in [-0.1, -0.05) is 110 Å². The minimum Gasteiger partial charge on any atom is -0.491 e. The Kier molecular flexibility index (Phi) is 16.6. The largest absolute Gasteiger partial charge is 0.491 e. The Morgan fingerprint density at radius 1 is 0.625 bits per heavy atom. The molecule has 1 aromatic rings. The Morgan fingerprint density at radius 3 is 1.41 bits per heavy atom. The van der Waals surface area contributed by atoms with Crippen LogP contribution in [-0.4, -0.2) is 71.1 Å². The number of ether oxygens (including phenoxy) is 2. The Hall–Kier alpha value is 0.157. The van der Waals surface area contributed by atoms with E-state index in [1.165, 1.54) is 73.2 Å². The predicted octanol–water partition coefficient (Wildman–Crippen LogP) is 8.70. The minimum absolute atomic E-state index is 0. The molecule has 0 saturated carbocycles. The fourth-order valence-electron chi connectivity index (χ4n) is 3.85. The van der Waals surface area contributed by atoms with Crippen LogP contribution in [0.15, 0.2) is 0 Å². The van der Waals surface area contributed by atoms with E-state index in [1.54, 1.807) is 21.9 Å². The molecule has 0 aliphatic carbocycles. The fourth-order valence-corrected chi connectivity index (χ4v) is 5.49. The maximum atomic E-state index is 6.31. The molecular formula is C26H48O2S2Sn2. The van der Waals surface area contributed by atoms with E-state index in [-0.39, 0.29) is 56.4 Å². The first-order chi connectivity index (χ1) is 14.9. The number of unbranched alkanes of at least 4 members (excludes halogenated alkanes) is 10. The molecule has 2 aliphatic rings. The monoisotopic (exact) mass is 696 g/mol. The molecular weight excluding hydrogens is 646 g/mol. The molecule has 184 valence electrons. The van der Waals surface area contributed by atoms with Crippen LogP contribution in [0.5, 0.6) is 11.5 Å². The molecule has 2 aliphatic heterocycles. The van der Waals surface area contributed by atoms with Crippen molar-refractivity contribution >= 4 is 91.9 Å². The van der Waals surface area contributed by atoms with E-state index >= 15 is 0 Å². The van der Waals surface area contributed by atoms with Gasteiger partial charge in [-0.3, -0.25) is 0 Å². The summed E-state index contributed by atoms with van der Waals surface area (Å²) in [4.78, 5) is 0. The molecule has 0 aromatic heterocycles. The molecule has 0 N–H and O–H groups in total. The smallest absolute Gasteiger partial charge is 0.147 e. The molecule has 0 atom stereocenters. The van der Waals surface area contributed by atoms with Gasteiger partial charge in [0.15, 0.2) is 0 Å². The quantitative estimate of drug-likeness (QED) is 0.0849. The van der Waals surface area contributed by atoms with Crippen LogP contribution < -0.4 is 9.47 Å². The topological polar surface area (TPSA) is 18.5 Å². The van der Waals surface area contributed by atoms with Crippen molar-refractivity contribution in [1.29, 1.82) is 0 Å². The van der Waals surface area contributed by atoms with E-state index in [9.17, 15) is 0 Å². The number of benzene rings is 1. The number of rotatable bonds is 16. The first kappa shape index (κ1) is 30.2. The van der Waals surface area contributed by atoms with Crippen molar-refractivity contribution in [2.24, 2.45) is 0 Å². The first-order valence-corrected chi connectivity index (χ1v) is 13.5. The van der Waals surface area contributed by atoms with Crippen molar-refractivity contribution in [3.63, 3.8) is 0 Å². The third-order valence-electron chi connectivity index (χ3n) is 5.61. The summed E-state index contributed by atoms with van der Waals surface area (Å²) in [5, 5.41) is 6.62. The van der Waals surface area contributed by atoms with E-state index in [1.807, 2.05) is 0 Å². The van der Waals surface area contributed by atoms with Gasteiger partial charge >= 0.3 is 0 Å². The average Bonchev–Trinajstić information content (AvgIpc) is 3.43. The van der Waals surface area contributed by atoms with Crippen molar-refractivity contribution in [1.82, 2.24) is 0 Å². The molecule has 0 bridgehead atoms. The Morgan fingerprint density at radius 2 is 1.00 bits per heavy atom. The van der Waals surface area contributed by atoms with Crippen LogP contribution in [0.25, 0.3) is 12.2 Å². The minimum atomic E-state index is 0. The number of hydrogen-bond donors (Lipinski definition) is 0. The Labute approximate surface area is 244 Å². The SMILES string of the molecule is CCCCCCCCOc1c2c(c(OCCCCCCCC)c3c1=S=C=C3)=S=C=C2.[HH].[HH].[HH].[HH].[HH].[HH].[Sn].[Sn]. The summed E-state index contributed by atoms with van der Waals surface area (Å²) < 4.78 is 15.0. The Balaban J connectivity index is -0.000000320. The second kappa shape index (κ2) is 17.6. The van der Waals surface area contributed by atoms with Crippen LogP contribution in [0.2, 0.25) is 0 Å². The fraction of sp³-hybridized carbons (Fsp3) is 0.615. The normalized spacial score (nSPS) is 11.8. The first-order valence-electron chi connectivity index (χ1n) is 11.9. The van der Waals surface area contributed by atoms with Crippen molar-refractivity contribution in [2.45, 2.75) is 90.9 Å². The summed E-state index contributed by atoms with van der Waals surface area (Å²) >= 11 is 0. The van der Waals surface area contributed by atoms with Gasteiger partial charge in [0.2, 0.25) is 0 Å². The molecule has 6 heteroatoms. The van der Waals surface area contributed by atoms with Gasteiger partial charge in [0.1, 0.15) is 11.5 Å². The summed E-state index contributed by atoms with van der Waals surface area (Å²) in [6.45, 7) is 6.08. The number of fused-ring (bicyclic) bond motifs is 2. The van der Waals surface area contributed by atoms with E-state index in [0.717, 1.165) is 48.7 Å². The zero-order valence-electron chi connectivity index (χ0n) is 19.7. The van der Waals surface area contributed by atoms with Gasteiger partial charge in [0.25, 0.3) is 0 Å². The summed E-state index contributed by atoms with van der Waals surface area (Å²) in [5.74, 6) is 2.01. The van der Waals surface area contributed by atoms with Gasteiger partial charge in [-0.05, 0) is 12.8 Å². The molecule has 3 rings (SSSR count). The maximum absolute atomic E-state index is 6.31. The molecule has 0 unspecified atom stereocenters. The molecule has 0 fully saturated rings. The molecule has 1 aromatic carbocycles. The van der Waals surface area contributed by atoms with Gasteiger partial charge in [0, 0.05) is 79.7 Å². The maximum Gasteiger partial charge on any atom is 0.147 e.